The maximum absolute atomic E-state index is 14.6. The first kappa shape index (κ1) is 30.2. The standard InChI is InChI=1S/C34H40N4O5Si/c1-23-32(44(3,4)41)31(17-18-37-21-29(35-36-37)27(22-39)25-13-9-6-10-14-25)43-34(23)28-19-26(42-2)15-16-30(28)38(33(34)40)20-24-11-7-5-8-12-24/h5-16,19,21,23,27,31-32,39,41H,17-18,20,22H2,1-4H3/t23-,27?,31+,32-,34+/m0/s1. The molecule has 1 amide bonds. The number of rotatable bonds is 10. The zero-order chi connectivity index (χ0) is 31.1. The number of aromatic nitrogens is 3. The highest BCUT2D eigenvalue weighted by Crippen LogP contribution is 2.60. The molecule has 1 unspecified atom stereocenters. The van der Waals surface area contributed by atoms with Gasteiger partial charge in [-0.15, -0.1) is 5.10 Å². The minimum Gasteiger partial charge on any atom is -0.497 e. The van der Waals surface area contributed by atoms with E-state index in [-0.39, 0.29) is 36.0 Å². The van der Waals surface area contributed by atoms with Crippen LogP contribution in [0.2, 0.25) is 18.6 Å². The molecule has 6 rings (SSSR count). The molecule has 44 heavy (non-hydrogen) atoms. The first-order valence-electron chi connectivity index (χ1n) is 15.2. The molecule has 10 heteroatoms. The van der Waals surface area contributed by atoms with E-state index in [0.29, 0.717) is 31.0 Å². The van der Waals surface area contributed by atoms with E-state index in [2.05, 4.69) is 10.3 Å². The second kappa shape index (κ2) is 11.9. The number of aliphatic hydroxyl groups excluding tert-OH is 1. The number of nitrogens with zero attached hydrogens (tertiary/aromatic N) is 4. The predicted molar refractivity (Wildman–Crippen MR) is 170 cm³/mol. The normalized spacial score (nSPS) is 23.7. The lowest BCUT2D eigenvalue weighted by Crippen LogP contribution is -2.46. The molecular formula is C34H40N4O5Si. The van der Waals surface area contributed by atoms with Gasteiger partial charge in [0.25, 0.3) is 5.91 Å². The van der Waals surface area contributed by atoms with E-state index in [0.717, 1.165) is 22.4 Å². The van der Waals surface area contributed by atoms with Crippen LogP contribution in [0.1, 0.15) is 41.6 Å². The number of aliphatic hydroxyl groups is 1. The summed E-state index contributed by atoms with van der Waals surface area (Å²) >= 11 is 0. The third kappa shape index (κ3) is 5.25. The Hall–Kier alpha value is -3.83. The van der Waals surface area contributed by atoms with Crippen LogP contribution >= 0.6 is 0 Å². The molecule has 1 spiro atoms. The van der Waals surface area contributed by atoms with Crippen LogP contribution in [-0.2, 0) is 28.2 Å². The molecule has 2 aliphatic rings. The molecule has 1 saturated heterocycles. The van der Waals surface area contributed by atoms with Gasteiger partial charge in [-0.1, -0.05) is 72.8 Å². The van der Waals surface area contributed by atoms with Gasteiger partial charge in [0.15, 0.2) is 13.9 Å². The molecule has 1 fully saturated rings. The van der Waals surface area contributed by atoms with Crippen molar-refractivity contribution in [2.24, 2.45) is 5.92 Å². The zero-order valence-electron chi connectivity index (χ0n) is 25.6. The monoisotopic (exact) mass is 612 g/mol. The van der Waals surface area contributed by atoms with Crippen LogP contribution in [0, 0.1) is 5.92 Å². The summed E-state index contributed by atoms with van der Waals surface area (Å²) in [7, 11) is -1.20. The average Bonchev–Trinajstić information content (AvgIpc) is 3.68. The molecule has 1 aromatic heterocycles. The fourth-order valence-electron chi connectivity index (χ4n) is 7.27. The van der Waals surface area contributed by atoms with Crippen molar-refractivity contribution in [3.05, 3.63) is 107 Å². The SMILES string of the molecule is COc1ccc2c(c1)[C@@]1(O[C@H](CCn3cc(C(CO)c4ccccc4)nn3)[C@@H]([Si](C)(C)O)[C@@H]1C)C(=O)N2Cc1ccccc1. The number of carbonyl (C=O) groups is 1. The van der Waals surface area contributed by atoms with Gasteiger partial charge in [0.1, 0.15) is 5.75 Å². The van der Waals surface area contributed by atoms with Gasteiger partial charge in [-0.25, -0.2) is 0 Å². The summed E-state index contributed by atoms with van der Waals surface area (Å²) in [5, 5.41) is 18.8. The highest BCUT2D eigenvalue weighted by molar-refractivity contribution is 6.71. The van der Waals surface area contributed by atoms with Crippen molar-refractivity contribution in [2.75, 3.05) is 18.6 Å². The summed E-state index contributed by atoms with van der Waals surface area (Å²) in [6.07, 6.45) is 2.02. The third-order valence-corrected chi connectivity index (χ3v) is 11.8. The van der Waals surface area contributed by atoms with E-state index in [1.807, 2.05) is 110 Å². The summed E-state index contributed by atoms with van der Waals surface area (Å²) in [5.41, 5.74) is 2.82. The van der Waals surface area contributed by atoms with Crippen molar-refractivity contribution in [2.45, 2.75) is 62.7 Å². The van der Waals surface area contributed by atoms with Crippen LogP contribution in [0.3, 0.4) is 0 Å². The summed E-state index contributed by atoms with van der Waals surface area (Å²) in [6.45, 7) is 6.73. The Labute approximate surface area is 259 Å². The molecule has 230 valence electrons. The topological polar surface area (TPSA) is 110 Å². The number of aryl methyl sites for hydroxylation is 1. The molecule has 0 bridgehead atoms. The van der Waals surface area contributed by atoms with E-state index in [9.17, 15) is 14.7 Å². The van der Waals surface area contributed by atoms with Crippen molar-refractivity contribution in [3.63, 3.8) is 0 Å². The highest BCUT2D eigenvalue weighted by Gasteiger charge is 2.66. The van der Waals surface area contributed by atoms with Crippen LogP contribution in [-0.4, -0.2) is 58.9 Å². The van der Waals surface area contributed by atoms with Gasteiger partial charge in [-0.2, -0.15) is 0 Å². The molecule has 4 aromatic rings. The van der Waals surface area contributed by atoms with Crippen molar-refractivity contribution in [1.29, 1.82) is 0 Å². The quantitative estimate of drug-likeness (QED) is 0.247. The second-order valence-corrected chi connectivity index (χ2v) is 16.4. The summed E-state index contributed by atoms with van der Waals surface area (Å²) in [5.74, 6) is -0.00696. The van der Waals surface area contributed by atoms with Crippen LogP contribution in [0.5, 0.6) is 5.75 Å². The number of hydrogen-bond donors (Lipinski definition) is 2. The number of ether oxygens (including phenoxy) is 2. The number of benzene rings is 3. The number of anilines is 1. The zero-order valence-corrected chi connectivity index (χ0v) is 26.6. The number of methoxy groups -OCH3 is 1. The van der Waals surface area contributed by atoms with Gasteiger partial charge in [-0.05, 0) is 48.8 Å². The lowest BCUT2D eigenvalue weighted by molar-refractivity contribution is -0.146. The smallest absolute Gasteiger partial charge is 0.264 e. The molecule has 2 aliphatic heterocycles. The molecule has 5 atom stereocenters. The minimum atomic E-state index is -2.82. The number of carbonyl (C=O) groups excluding carboxylic acids is 1. The van der Waals surface area contributed by atoms with Gasteiger partial charge < -0.3 is 24.3 Å². The Balaban J connectivity index is 1.31. The average molecular weight is 613 g/mol. The number of fused-ring (bicyclic) bond motifs is 2. The molecule has 9 nitrogen and oxygen atoms in total. The van der Waals surface area contributed by atoms with Crippen molar-refractivity contribution in [3.8, 4) is 5.75 Å². The first-order chi connectivity index (χ1) is 21.2. The fourth-order valence-corrected chi connectivity index (χ4v) is 9.88. The van der Waals surface area contributed by atoms with Crippen molar-refractivity contribution in [1.82, 2.24) is 15.0 Å². The maximum Gasteiger partial charge on any atom is 0.264 e. The van der Waals surface area contributed by atoms with Crippen molar-refractivity contribution >= 4 is 19.9 Å². The lowest BCUT2D eigenvalue weighted by atomic mass is 9.82. The summed E-state index contributed by atoms with van der Waals surface area (Å²) in [6, 6.07) is 25.4. The van der Waals surface area contributed by atoms with Gasteiger partial charge in [0, 0.05) is 29.8 Å². The second-order valence-electron chi connectivity index (χ2n) is 12.5. The Morgan fingerprint density at radius 1 is 1.07 bits per heavy atom. The molecular weight excluding hydrogens is 572 g/mol. The highest BCUT2D eigenvalue weighted by atomic mass is 28.4. The Bertz CT molecular complexity index is 1610. The van der Waals surface area contributed by atoms with E-state index in [4.69, 9.17) is 9.47 Å². The Morgan fingerprint density at radius 2 is 1.77 bits per heavy atom. The molecule has 0 aliphatic carbocycles. The number of amides is 1. The molecule has 0 radical (unpaired) electrons. The maximum atomic E-state index is 14.6. The predicted octanol–water partition coefficient (Wildman–Crippen LogP) is 4.85. The Kier molecular flexibility index (Phi) is 8.19. The van der Waals surface area contributed by atoms with Crippen LogP contribution < -0.4 is 9.64 Å². The largest absolute Gasteiger partial charge is 0.497 e. The number of hydrogen-bond acceptors (Lipinski definition) is 7. The molecule has 0 saturated carbocycles. The first-order valence-corrected chi connectivity index (χ1v) is 18.2. The van der Waals surface area contributed by atoms with E-state index in [1.165, 1.54) is 0 Å². The third-order valence-electron chi connectivity index (χ3n) is 9.32. The van der Waals surface area contributed by atoms with Gasteiger partial charge >= 0.3 is 0 Å². The summed E-state index contributed by atoms with van der Waals surface area (Å²) < 4.78 is 14.3. The molecule has 2 N–H and O–H groups in total. The summed E-state index contributed by atoms with van der Waals surface area (Å²) in [4.78, 5) is 28.0. The van der Waals surface area contributed by atoms with Gasteiger partial charge in [0.2, 0.25) is 0 Å². The fraction of sp³-hybridized carbons (Fsp3) is 0.382. The minimum absolute atomic E-state index is 0.0781. The van der Waals surface area contributed by atoms with Crippen LogP contribution in [0.15, 0.2) is 85.1 Å². The van der Waals surface area contributed by atoms with Crippen molar-refractivity contribution < 1.29 is 24.2 Å². The van der Waals surface area contributed by atoms with Gasteiger partial charge in [-0.3, -0.25) is 9.48 Å². The van der Waals surface area contributed by atoms with E-state index in [1.54, 1.807) is 11.8 Å². The van der Waals surface area contributed by atoms with E-state index >= 15 is 0 Å². The lowest BCUT2D eigenvalue weighted by Gasteiger charge is -2.32. The van der Waals surface area contributed by atoms with Gasteiger partial charge in [0.05, 0.1) is 43.7 Å². The van der Waals surface area contributed by atoms with Crippen LogP contribution in [0.4, 0.5) is 5.69 Å². The Morgan fingerprint density at radius 3 is 2.43 bits per heavy atom. The van der Waals surface area contributed by atoms with Crippen LogP contribution in [0.25, 0.3) is 0 Å². The van der Waals surface area contributed by atoms with E-state index < -0.39 is 13.9 Å². The molecule has 3 aromatic carbocycles. The molecule has 3 heterocycles.